The summed E-state index contributed by atoms with van der Waals surface area (Å²) in [5.74, 6) is 2.05. The lowest BCUT2D eigenvalue weighted by Gasteiger charge is -2.08. The van der Waals surface area contributed by atoms with E-state index in [1.54, 1.807) is 11.3 Å². The predicted octanol–water partition coefficient (Wildman–Crippen LogP) is 2.83. The van der Waals surface area contributed by atoms with Gasteiger partial charge in [0.2, 0.25) is 0 Å². The van der Waals surface area contributed by atoms with Crippen LogP contribution in [0.2, 0.25) is 0 Å². The summed E-state index contributed by atoms with van der Waals surface area (Å²) in [7, 11) is -2.85. The number of nitrogens with one attached hydrogen (secondary N) is 1. The maximum Gasteiger partial charge on any atom is 0.163 e. The summed E-state index contributed by atoms with van der Waals surface area (Å²) >= 11 is 1.60. The first kappa shape index (κ1) is 14.9. The Kier molecular flexibility index (Phi) is 3.71. The molecule has 0 spiro atoms. The number of hydrogen-bond donors (Lipinski definition) is 1. The lowest BCUT2D eigenvalue weighted by atomic mass is 10.2. The number of nitrogens with zero attached hydrogens (tertiary/aromatic N) is 1. The molecule has 1 aliphatic rings. The molecule has 7 heteroatoms. The Hall–Kier alpha value is -1.70. The van der Waals surface area contributed by atoms with E-state index in [1.807, 2.05) is 36.4 Å². The Balaban J connectivity index is 1.46. The molecule has 0 radical (unpaired) electrons. The van der Waals surface area contributed by atoms with Crippen molar-refractivity contribution in [2.75, 3.05) is 11.5 Å². The van der Waals surface area contributed by atoms with Crippen LogP contribution in [0.5, 0.6) is 0 Å². The third kappa shape index (κ3) is 3.17. The number of rotatable bonds is 4. The van der Waals surface area contributed by atoms with E-state index >= 15 is 0 Å². The zero-order valence-corrected chi connectivity index (χ0v) is 14.0. The number of aromatic nitrogens is 1. The first-order valence-electron chi connectivity index (χ1n) is 7.47. The monoisotopic (exact) mass is 348 g/mol. The van der Waals surface area contributed by atoms with Crippen molar-refractivity contribution in [2.45, 2.75) is 19.0 Å². The van der Waals surface area contributed by atoms with Gasteiger partial charge in [0, 0.05) is 6.04 Å². The van der Waals surface area contributed by atoms with Crippen molar-refractivity contribution in [1.82, 2.24) is 10.3 Å². The number of furan rings is 1. The molecule has 23 heavy (non-hydrogen) atoms. The molecule has 0 amide bonds. The lowest BCUT2D eigenvalue weighted by Crippen LogP contribution is -2.29. The van der Waals surface area contributed by atoms with Gasteiger partial charge in [-0.3, -0.25) is 0 Å². The van der Waals surface area contributed by atoms with Crippen LogP contribution in [0.15, 0.2) is 40.8 Å². The third-order valence-corrected chi connectivity index (χ3v) is 6.78. The van der Waals surface area contributed by atoms with Gasteiger partial charge in [0.25, 0.3) is 0 Å². The summed E-state index contributed by atoms with van der Waals surface area (Å²) in [4.78, 5) is 4.58. The SMILES string of the molecule is O=S1(=O)CC[C@@H](NCc2ccc(-c3nc4ccccc4s3)o2)C1. The van der Waals surface area contributed by atoms with Crippen LogP contribution in [0.25, 0.3) is 21.0 Å². The van der Waals surface area contributed by atoms with Crippen molar-refractivity contribution in [1.29, 1.82) is 0 Å². The summed E-state index contributed by atoms with van der Waals surface area (Å²) in [6.45, 7) is 0.533. The average molecular weight is 348 g/mol. The zero-order valence-electron chi connectivity index (χ0n) is 12.4. The van der Waals surface area contributed by atoms with Crippen molar-refractivity contribution in [3.05, 3.63) is 42.2 Å². The second-order valence-corrected chi connectivity index (χ2v) is 8.99. The van der Waals surface area contributed by atoms with Gasteiger partial charge in [0.1, 0.15) is 5.76 Å². The highest BCUT2D eigenvalue weighted by atomic mass is 32.2. The molecule has 120 valence electrons. The molecule has 1 saturated heterocycles. The topological polar surface area (TPSA) is 72.2 Å². The first-order valence-corrected chi connectivity index (χ1v) is 10.1. The maximum absolute atomic E-state index is 11.5. The minimum atomic E-state index is -2.85. The third-order valence-electron chi connectivity index (χ3n) is 3.96. The summed E-state index contributed by atoms with van der Waals surface area (Å²) < 4.78 is 29.9. The van der Waals surface area contributed by atoms with Crippen molar-refractivity contribution >= 4 is 31.4 Å². The van der Waals surface area contributed by atoms with Crippen molar-refractivity contribution < 1.29 is 12.8 Å². The normalized spacial score (nSPS) is 20.3. The molecule has 3 aromatic rings. The van der Waals surface area contributed by atoms with Crippen molar-refractivity contribution in [2.24, 2.45) is 0 Å². The van der Waals surface area contributed by atoms with Gasteiger partial charge in [-0.2, -0.15) is 0 Å². The second kappa shape index (κ2) is 5.74. The molecule has 1 fully saturated rings. The average Bonchev–Trinajstić information content (AvgIpc) is 3.21. The van der Waals surface area contributed by atoms with Gasteiger partial charge in [-0.05, 0) is 30.7 Å². The fourth-order valence-electron chi connectivity index (χ4n) is 2.77. The van der Waals surface area contributed by atoms with Crippen LogP contribution in [0, 0.1) is 0 Å². The van der Waals surface area contributed by atoms with E-state index < -0.39 is 9.84 Å². The molecule has 0 aliphatic carbocycles. The van der Waals surface area contributed by atoms with Crippen LogP contribution in [0.3, 0.4) is 0 Å². The number of benzene rings is 1. The van der Waals surface area contributed by atoms with Crippen LogP contribution >= 0.6 is 11.3 Å². The van der Waals surface area contributed by atoms with E-state index in [2.05, 4.69) is 10.3 Å². The second-order valence-electron chi connectivity index (χ2n) is 5.73. The number of sulfone groups is 1. The van der Waals surface area contributed by atoms with Gasteiger partial charge in [-0.1, -0.05) is 12.1 Å². The van der Waals surface area contributed by atoms with Crippen molar-refractivity contribution in [3.8, 4) is 10.8 Å². The van der Waals surface area contributed by atoms with Crippen LogP contribution in [-0.4, -0.2) is 30.9 Å². The molecule has 0 unspecified atom stereocenters. The zero-order chi connectivity index (χ0) is 15.9. The van der Waals surface area contributed by atoms with Gasteiger partial charge < -0.3 is 9.73 Å². The highest BCUT2D eigenvalue weighted by Crippen LogP contribution is 2.31. The molecule has 1 aromatic carbocycles. The summed E-state index contributed by atoms with van der Waals surface area (Å²) in [6, 6.07) is 11.9. The Bertz CT molecular complexity index is 910. The van der Waals surface area contributed by atoms with E-state index in [0.29, 0.717) is 13.0 Å². The van der Waals surface area contributed by atoms with Crippen LogP contribution in [0.1, 0.15) is 12.2 Å². The molecular weight excluding hydrogens is 332 g/mol. The van der Waals surface area contributed by atoms with Gasteiger partial charge >= 0.3 is 0 Å². The molecule has 2 aromatic heterocycles. The molecule has 0 saturated carbocycles. The van der Waals surface area contributed by atoms with E-state index in [0.717, 1.165) is 26.7 Å². The fourth-order valence-corrected chi connectivity index (χ4v) is 5.40. The largest absolute Gasteiger partial charge is 0.457 e. The predicted molar refractivity (Wildman–Crippen MR) is 91.2 cm³/mol. The highest BCUT2D eigenvalue weighted by molar-refractivity contribution is 7.91. The Morgan fingerprint density at radius 2 is 2.13 bits per heavy atom. The molecule has 3 heterocycles. The molecular formula is C16H16N2O3S2. The van der Waals surface area contributed by atoms with E-state index in [-0.39, 0.29) is 17.5 Å². The van der Waals surface area contributed by atoms with Crippen LogP contribution < -0.4 is 5.32 Å². The number of hydrogen-bond acceptors (Lipinski definition) is 6. The molecule has 0 bridgehead atoms. The molecule has 5 nitrogen and oxygen atoms in total. The summed E-state index contributed by atoms with van der Waals surface area (Å²) in [6.07, 6.45) is 0.674. The van der Waals surface area contributed by atoms with Crippen LogP contribution in [0.4, 0.5) is 0 Å². The van der Waals surface area contributed by atoms with Crippen LogP contribution in [-0.2, 0) is 16.4 Å². The Morgan fingerprint density at radius 3 is 2.91 bits per heavy atom. The van der Waals surface area contributed by atoms with Crippen molar-refractivity contribution in [3.63, 3.8) is 0 Å². The number of para-hydroxylation sites is 1. The Morgan fingerprint density at radius 1 is 1.26 bits per heavy atom. The lowest BCUT2D eigenvalue weighted by molar-refractivity contribution is 0.464. The summed E-state index contributed by atoms with van der Waals surface area (Å²) in [5.41, 5.74) is 0.972. The van der Waals surface area contributed by atoms with E-state index in [1.165, 1.54) is 0 Å². The summed E-state index contributed by atoms with van der Waals surface area (Å²) in [5, 5.41) is 4.12. The highest BCUT2D eigenvalue weighted by Gasteiger charge is 2.27. The van der Waals surface area contributed by atoms with Gasteiger partial charge in [0.05, 0.1) is 28.3 Å². The van der Waals surface area contributed by atoms with E-state index in [9.17, 15) is 8.42 Å². The van der Waals surface area contributed by atoms with E-state index in [4.69, 9.17) is 4.42 Å². The molecule has 1 aliphatic heterocycles. The molecule has 1 atom stereocenters. The molecule has 1 N–H and O–H groups in total. The first-order chi connectivity index (χ1) is 11.1. The standard InChI is InChI=1S/C16H16N2O3S2/c19-23(20)8-7-11(10-23)17-9-12-5-6-14(21-12)16-18-13-3-1-2-4-15(13)22-16/h1-6,11,17H,7-10H2/t11-/m1/s1. The minimum absolute atomic E-state index is 0.0241. The molecule has 4 rings (SSSR count). The smallest absolute Gasteiger partial charge is 0.163 e. The quantitative estimate of drug-likeness (QED) is 0.785. The maximum atomic E-state index is 11.5. The fraction of sp³-hybridized carbons (Fsp3) is 0.312. The Labute approximate surface area is 138 Å². The number of thiazole rings is 1. The van der Waals surface area contributed by atoms with Gasteiger partial charge in [0.15, 0.2) is 20.6 Å². The van der Waals surface area contributed by atoms with Gasteiger partial charge in [-0.15, -0.1) is 11.3 Å². The number of fused-ring (bicyclic) bond motifs is 1. The minimum Gasteiger partial charge on any atom is -0.457 e. The van der Waals surface area contributed by atoms with Gasteiger partial charge in [-0.25, -0.2) is 13.4 Å².